The molecule has 0 bridgehead atoms. The number of methoxy groups -OCH3 is 1. The molecule has 0 saturated carbocycles. The van der Waals surface area contributed by atoms with Crippen molar-refractivity contribution in [2.45, 2.75) is 13.5 Å². The number of esters is 1. The van der Waals surface area contributed by atoms with Crippen LogP contribution < -0.4 is 10.4 Å². The summed E-state index contributed by atoms with van der Waals surface area (Å²) >= 11 is 0. The van der Waals surface area contributed by atoms with Crippen molar-refractivity contribution in [1.29, 1.82) is 0 Å². The van der Waals surface area contributed by atoms with Gasteiger partial charge in [0.2, 0.25) is 0 Å². The number of benzene rings is 1. The van der Waals surface area contributed by atoms with Gasteiger partial charge in [-0.1, -0.05) is 0 Å². The summed E-state index contributed by atoms with van der Waals surface area (Å²) in [6.45, 7) is 1.69. The lowest BCUT2D eigenvalue weighted by atomic mass is 10.1. The predicted molar refractivity (Wildman–Crippen MR) is 84.9 cm³/mol. The van der Waals surface area contributed by atoms with Crippen LogP contribution in [-0.4, -0.2) is 23.0 Å². The molecule has 7 nitrogen and oxygen atoms in total. The molecule has 0 aliphatic heterocycles. The summed E-state index contributed by atoms with van der Waals surface area (Å²) in [4.78, 5) is 31.6. The summed E-state index contributed by atoms with van der Waals surface area (Å²) in [5, 5.41) is 0.665. The molecule has 0 amide bonds. The molecule has 0 saturated heterocycles. The predicted octanol–water partition coefficient (Wildman–Crippen LogP) is 2.26. The average Bonchev–Trinajstić information content (AvgIpc) is 2.59. The van der Waals surface area contributed by atoms with Crippen LogP contribution >= 0.6 is 0 Å². The number of hydrogen-bond donors (Lipinski definition) is 0. The number of aryl methyl sites for hydroxylation is 1. The number of hydrogen-bond acceptors (Lipinski definition) is 7. The molecule has 0 aliphatic carbocycles. The van der Waals surface area contributed by atoms with Gasteiger partial charge >= 0.3 is 11.6 Å². The second-order valence-electron chi connectivity index (χ2n) is 5.07. The van der Waals surface area contributed by atoms with Gasteiger partial charge in [0.1, 0.15) is 17.9 Å². The zero-order chi connectivity index (χ0) is 17.1. The van der Waals surface area contributed by atoms with Gasteiger partial charge in [-0.25, -0.2) is 14.6 Å². The lowest BCUT2D eigenvalue weighted by Crippen LogP contribution is -2.10. The molecule has 0 aliphatic rings. The van der Waals surface area contributed by atoms with Crippen LogP contribution in [0, 0.1) is 6.92 Å². The van der Waals surface area contributed by atoms with E-state index in [9.17, 15) is 9.59 Å². The van der Waals surface area contributed by atoms with Gasteiger partial charge in [-0.3, -0.25) is 4.98 Å². The molecule has 7 heteroatoms. The smallest absolute Gasteiger partial charge is 0.358 e. The van der Waals surface area contributed by atoms with Crippen molar-refractivity contribution in [3.05, 3.63) is 64.0 Å². The number of carbonyl (C=O) groups is 1. The molecule has 0 unspecified atom stereocenters. The fourth-order valence-corrected chi connectivity index (χ4v) is 2.17. The molecule has 24 heavy (non-hydrogen) atoms. The van der Waals surface area contributed by atoms with Gasteiger partial charge in [-0.2, -0.15) is 0 Å². The minimum atomic E-state index is -0.614. The lowest BCUT2D eigenvalue weighted by molar-refractivity contribution is 0.0466. The maximum atomic E-state index is 12.0. The fraction of sp³-hybridized carbons (Fsp3) is 0.176. The zero-order valence-electron chi connectivity index (χ0n) is 13.1. The first-order valence-electron chi connectivity index (χ1n) is 7.13. The topological polar surface area (TPSA) is 91.5 Å². The van der Waals surface area contributed by atoms with E-state index in [-0.39, 0.29) is 12.3 Å². The second-order valence-corrected chi connectivity index (χ2v) is 5.07. The van der Waals surface area contributed by atoms with E-state index in [1.165, 1.54) is 25.6 Å². The van der Waals surface area contributed by atoms with Crippen molar-refractivity contribution in [1.82, 2.24) is 9.97 Å². The minimum absolute atomic E-state index is 0.0805. The zero-order valence-corrected chi connectivity index (χ0v) is 13.1. The van der Waals surface area contributed by atoms with Crippen LogP contribution in [0.5, 0.6) is 5.75 Å². The van der Waals surface area contributed by atoms with Crippen molar-refractivity contribution in [2.75, 3.05) is 7.11 Å². The van der Waals surface area contributed by atoms with E-state index >= 15 is 0 Å². The first-order chi connectivity index (χ1) is 11.6. The number of nitrogens with zero attached hydrogens (tertiary/aromatic N) is 2. The van der Waals surface area contributed by atoms with Gasteiger partial charge in [0.05, 0.1) is 19.0 Å². The summed E-state index contributed by atoms with van der Waals surface area (Å²) in [5.41, 5.74) is 1.18. The first-order valence-corrected chi connectivity index (χ1v) is 7.13. The summed E-state index contributed by atoms with van der Waals surface area (Å²) in [5.74, 6) is -0.0490. The monoisotopic (exact) mass is 326 g/mol. The Hall–Kier alpha value is -3.22. The van der Waals surface area contributed by atoms with Crippen LogP contribution in [0.1, 0.15) is 21.7 Å². The standard InChI is InChI=1S/C17H14N2O5/c1-10-7-19-14(8-18-10)17(21)23-9-11-5-16(20)24-15-6-12(22-2)3-4-13(11)15/h3-8H,9H2,1-2H3. The molecule has 3 rings (SSSR count). The van der Waals surface area contributed by atoms with Crippen molar-refractivity contribution >= 4 is 16.9 Å². The summed E-state index contributed by atoms with van der Waals surface area (Å²) < 4.78 is 15.5. The minimum Gasteiger partial charge on any atom is -0.497 e. The lowest BCUT2D eigenvalue weighted by Gasteiger charge is -2.08. The summed E-state index contributed by atoms with van der Waals surface area (Å²) in [6.07, 6.45) is 2.83. The van der Waals surface area contributed by atoms with Crippen LogP contribution in [0.2, 0.25) is 0 Å². The number of aromatic nitrogens is 2. The highest BCUT2D eigenvalue weighted by Gasteiger charge is 2.12. The van der Waals surface area contributed by atoms with Gasteiger partial charge in [-0.15, -0.1) is 0 Å². The number of carbonyl (C=O) groups excluding carboxylic acids is 1. The second kappa shape index (κ2) is 6.49. The Bertz CT molecular complexity index is 947. The molecular formula is C17H14N2O5. The van der Waals surface area contributed by atoms with Crippen LogP contribution in [0.15, 0.2) is 45.9 Å². The van der Waals surface area contributed by atoms with Gasteiger partial charge in [-0.05, 0) is 19.1 Å². The maximum Gasteiger partial charge on any atom is 0.358 e. The molecule has 1 aromatic carbocycles. The molecule has 122 valence electrons. The number of fused-ring (bicyclic) bond motifs is 1. The highest BCUT2D eigenvalue weighted by molar-refractivity contribution is 5.87. The quantitative estimate of drug-likeness (QED) is 0.536. The Kier molecular flexibility index (Phi) is 4.24. The molecule has 0 spiro atoms. The molecule has 2 heterocycles. The van der Waals surface area contributed by atoms with Crippen molar-refractivity contribution in [2.24, 2.45) is 0 Å². The van der Waals surface area contributed by atoms with Gasteiger partial charge in [0, 0.05) is 29.3 Å². The molecular weight excluding hydrogens is 312 g/mol. The Labute approximate surface area is 136 Å². The van der Waals surface area contributed by atoms with E-state index in [1.807, 2.05) is 0 Å². The maximum absolute atomic E-state index is 12.0. The average molecular weight is 326 g/mol. The molecule has 2 aromatic heterocycles. The molecule has 0 radical (unpaired) electrons. The molecule has 0 fully saturated rings. The molecule has 3 aromatic rings. The van der Waals surface area contributed by atoms with E-state index in [1.54, 1.807) is 25.1 Å². The van der Waals surface area contributed by atoms with E-state index in [0.29, 0.717) is 28.0 Å². The third-order valence-corrected chi connectivity index (χ3v) is 3.39. The van der Waals surface area contributed by atoms with Gasteiger partial charge in [0.25, 0.3) is 0 Å². The Balaban J connectivity index is 1.85. The van der Waals surface area contributed by atoms with E-state index < -0.39 is 11.6 Å². The van der Waals surface area contributed by atoms with Crippen molar-refractivity contribution < 1.29 is 18.7 Å². The van der Waals surface area contributed by atoms with Crippen LogP contribution in [0.4, 0.5) is 0 Å². The highest BCUT2D eigenvalue weighted by Crippen LogP contribution is 2.23. The normalized spacial score (nSPS) is 10.6. The third kappa shape index (κ3) is 3.24. The Morgan fingerprint density at radius 1 is 1.21 bits per heavy atom. The first kappa shape index (κ1) is 15.7. The summed E-state index contributed by atoms with van der Waals surface area (Å²) in [7, 11) is 1.52. The Morgan fingerprint density at radius 3 is 2.75 bits per heavy atom. The summed E-state index contributed by atoms with van der Waals surface area (Å²) in [6, 6.07) is 6.38. The van der Waals surface area contributed by atoms with Crippen LogP contribution in [-0.2, 0) is 11.3 Å². The van der Waals surface area contributed by atoms with E-state index in [0.717, 1.165) is 0 Å². The van der Waals surface area contributed by atoms with Crippen LogP contribution in [0.25, 0.3) is 11.0 Å². The van der Waals surface area contributed by atoms with Crippen LogP contribution in [0.3, 0.4) is 0 Å². The van der Waals surface area contributed by atoms with Gasteiger partial charge in [0.15, 0.2) is 5.69 Å². The third-order valence-electron chi connectivity index (χ3n) is 3.39. The highest BCUT2D eigenvalue weighted by atomic mass is 16.5. The fourth-order valence-electron chi connectivity index (χ4n) is 2.17. The van der Waals surface area contributed by atoms with E-state index in [4.69, 9.17) is 13.9 Å². The SMILES string of the molecule is COc1ccc2c(COC(=O)c3cnc(C)cn3)cc(=O)oc2c1. The largest absolute Gasteiger partial charge is 0.497 e. The Morgan fingerprint density at radius 2 is 2.04 bits per heavy atom. The van der Waals surface area contributed by atoms with Gasteiger partial charge < -0.3 is 13.9 Å². The number of rotatable bonds is 4. The molecule has 0 N–H and O–H groups in total. The number of ether oxygens (including phenoxy) is 2. The molecule has 0 atom stereocenters. The van der Waals surface area contributed by atoms with Crippen molar-refractivity contribution in [3.8, 4) is 5.75 Å². The van der Waals surface area contributed by atoms with E-state index in [2.05, 4.69) is 9.97 Å². The van der Waals surface area contributed by atoms with Crippen molar-refractivity contribution in [3.63, 3.8) is 0 Å².